The van der Waals surface area contributed by atoms with Gasteiger partial charge in [-0.2, -0.15) is 8.42 Å². The molecule has 3 aromatic rings. The SMILES string of the molecule is CS(=O)(=O)Oc1ccc(OCc2nc3ccccc3s2)cc1. The van der Waals surface area contributed by atoms with E-state index in [0.717, 1.165) is 21.5 Å². The van der Waals surface area contributed by atoms with Crippen molar-refractivity contribution in [3.05, 3.63) is 53.5 Å². The lowest BCUT2D eigenvalue weighted by molar-refractivity contribution is 0.305. The molecule has 0 saturated heterocycles. The second-order valence-corrected chi connectivity index (χ2v) is 7.31. The number of fused-ring (bicyclic) bond motifs is 1. The van der Waals surface area contributed by atoms with Gasteiger partial charge in [-0.15, -0.1) is 11.3 Å². The van der Waals surface area contributed by atoms with Crippen LogP contribution in [0, 0.1) is 0 Å². The Morgan fingerprint density at radius 1 is 1.05 bits per heavy atom. The fourth-order valence-electron chi connectivity index (χ4n) is 1.89. The molecule has 0 aliphatic rings. The number of nitrogens with zero attached hydrogens (tertiary/aromatic N) is 1. The summed E-state index contributed by atoms with van der Waals surface area (Å²) in [6, 6.07) is 14.3. The Balaban J connectivity index is 1.66. The highest BCUT2D eigenvalue weighted by molar-refractivity contribution is 7.86. The van der Waals surface area contributed by atoms with Crippen LogP contribution in [0.4, 0.5) is 0 Å². The second kappa shape index (κ2) is 5.94. The first-order valence-corrected chi connectivity index (χ1v) is 9.10. The molecule has 0 aliphatic carbocycles. The van der Waals surface area contributed by atoms with Gasteiger partial charge in [0, 0.05) is 0 Å². The smallest absolute Gasteiger partial charge is 0.306 e. The number of aromatic nitrogens is 1. The minimum Gasteiger partial charge on any atom is -0.486 e. The summed E-state index contributed by atoms with van der Waals surface area (Å²) in [5.74, 6) is 0.884. The van der Waals surface area contributed by atoms with E-state index in [-0.39, 0.29) is 5.75 Å². The predicted octanol–water partition coefficient (Wildman–Crippen LogP) is 3.21. The van der Waals surface area contributed by atoms with Crippen molar-refractivity contribution in [1.82, 2.24) is 4.98 Å². The van der Waals surface area contributed by atoms with E-state index in [1.165, 1.54) is 0 Å². The molecule has 114 valence electrons. The fourth-order valence-corrected chi connectivity index (χ4v) is 3.23. The molecule has 0 amide bonds. The first-order valence-electron chi connectivity index (χ1n) is 6.46. The Morgan fingerprint density at radius 3 is 2.41 bits per heavy atom. The highest BCUT2D eigenvalue weighted by Gasteiger charge is 2.06. The fraction of sp³-hybridized carbons (Fsp3) is 0.133. The van der Waals surface area contributed by atoms with Gasteiger partial charge >= 0.3 is 10.1 Å². The number of para-hydroxylation sites is 1. The molecule has 1 aromatic heterocycles. The Hall–Kier alpha value is -2.12. The first-order chi connectivity index (χ1) is 10.5. The molecule has 22 heavy (non-hydrogen) atoms. The van der Waals surface area contributed by atoms with E-state index in [4.69, 9.17) is 8.92 Å². The van der Waals surface area contributed by atoms with Crippen LogP contribution in [0.3, 0.4) is 0 Å². The van der Waals surface area contributed by atoms with Gasteiger partial charge in [0.1, 0.15) is 23.1 Å². The van der Waals surface area contributed by atoms with Gasteiger partial charge in [0.25, 0.3) is 0 Å². The van der Waals surface area contributed by atoms with Gasteiger partial charge < -0.3 is 8.92 Å². The van der Waals surface area contributed by atoms with Gasteiger partial charge in [-0.1, -0.05) is 12.1 Å². The molecule has 0 atom stereocenters. The van der Waals surface area contributed by atoms with Gasteiger partial charge in [0.15, 0.2) is 0 Å². The Labute approximate surface area is 132 Å². The van der Waals surface area contributed by atoms with Crippen LogP contribution in [0.25, 0.3) is 10.2 Å². The normalized spacial score (nSPS) is 11.5. The van der Waals surface area contributed by atoms with Gasteiger partial charge in [0.05, 0.1) is 16.5 Å². The zero-order chi connectivity index (χ0) is 15.6. The highest BCUT2D eigenvalue weighted by Crippen LogP contribution is 2.24. The molecule has 5 nitrogen and oxygen atoms in total. The highest BCUT2D eigenvalue weighted by atomic mass is 32.2. The summed E-state index contributed by atoms with van der Waals surface area (Å²) in [6.45, 7) is 0.367. The van der Waals surface area contributed by atoms with Crippen LogP contribution >= 0.6 is 11.3 Å². The van der Waals surface area contributed by atoms with E-state index < -0.39 is 10.1 Å². The zero-order valence-electron chi connectivity index (χ0n) is 11.7. The molecule has 0 radical (unpaired) electrons. The van der Waals surface area contributed by atoms with E-state index >= 15 is 0 Å². The zero-order valence-corrected chi connectivity index (χ0v) is 13.4. The summed E-state index contributed by atoms with van der Waals surface area (Å²) in [7, 11) is -3.51. The molecule has 0 N–H and O–H groups in total. The van der Waals surface area contributed by atoms with Crippen LogP contribution in [-0.4, -0.2) is 19.7 Å². The predicted molar refractivity (Wildman–Crippen MR) is 85.9 cm³/mol. The van der Waals surface area contributed by atoms with Crippen LogP contribution in [0.5, 0.6) is 11.5 Å². The average molecular weight is 335 g/mol. The van der Waals surface area contributed by atoms with Crippen molar-refractivity contribution in [2.45, 2.75) is 6.61 Å². The maximum atomic E-state index is 11.0. The van der Waals surface area contributed by atoms with E-state index in [9.17, 15) is 8.42 Å². The van der Waals surface area contributed by atoms with Crippen LogP contribution in [-0.2, 0) is 16.7 Å². The Kier molecular flexibility index (Phi) is 4.00. The molecule has 2 aromatic carbocycles. The third-order valence-electron chi connectivity index (χ3n) is 2.77. The summed E-state index contributed by atoms with van der Waals surface area (Å²) in [5, 5.41) is 0.887. The van der Waals surface area contributed by atoms with Crippen molar-refractivity contribution in [3.63, 3.8) is 0 Å². The van der Waals surface area contributed by atoms with Gasteiger partial charge in [0.2, 0.25) is 0 Å². The summed E-state index contributed by atoms with van der Waals surface area (Å²) in [5.41, 5.74) is 0.961. The average Bonchev–Trinajstić information content (AvgIpc) is 2.88. The quantitative estimate of drug-likeness (QED) is 0.670. The summed E-state index contributed by atoms with van der Waals surface area (Å²) < 4.78 is 33.6. The minimum atomic E-state index is -3.51. The van der Waals surface area contributed by atoms with Crippen LogP contribution in [0.2, 0.25) is 0 Å². The molecule has 3 rings (SSSR count). The van der Waals surface area contributed by atoms with Crippen molar-refractivity contribution in [2.24, 2.45) is 0 Å². The number of ether oxygens (including phenoxy) is 1. The van der Waals surface area contributed by atoms with E-state index in [2.05, 4.69) is 4.98 Å². The third-order valence-corrected chi connectivity index (χ3v) is 4.28. The van der Waals surface area contributed by atoms with Crippen LogP contribution in [0.15, 0.2) is 48.5 Å². The monoisotopic (exact) mass is 335 g/mol. The van der Waals surface area contributed by atoms with Crippen molar-refractivity contribution in [3.8, 4) is 11.5 Å². The molecule has 0 saturated carbocycles. The number of benzene rings is 2. The molecule has 0 fully saturated rings. The van der Waals surface area contributed by atoms with E-state index in [0.29, 0.717) is 12.4 Å². The molecule has 0 aliphatic heterocycles. The van der Waals surface area contributed by atoms with Gasteiger partial charge in [-0.3, -0.25) is 0 Å². The van der Waals surface area contributed by atoms with Crippen molar-refractivity contribution < 1.29 is 17.3 Å². The minimum absolute atomic E-state index is 0.259. The molecule has 1 heterocycles. The number of hydrogen-bond donors (Lipinski definition) is 0. The molecule has 0 bridgehead atoms. The summed E-state index contributed by atoms with van der Waals surface area (Å²) in [4.78, 5) is 4.48. The van der Waals surface area contributed by atoms with Gasteiger partial charge in [-0.25, -0.2) is 4.98 Å². The standard InChI is InChI=1S/C15H13NO4S2/c1-22(17,18)20-12-8-6-11(7-9-12)19-10-15-16-13-4-2-3-5-14(13)21-15/h2-9H,10H2,1H3. The molecule has 7 heteroatoms. The molecule has 0 spiro atoms. The lowest BCUT2D eigenvalue weighted by Gasteiger charge is -2.06. The topological polar surface area (TPSA) is 65.5 Å². The Bertz CT molecular complexity index is 852. The maximum absolute atomic E-state index is 11.0. The summed E-state index contributed by atoms with van der Waals surface area (Å²) in [6.07, 6.45) is 1.00. The Morgan fingerprint density at radius 2 is 1.73 bits per heavy atom. The number of rotatable bonds is 5. The molecule has 0 unspecified atom stereocenters. The third kappa shape index (κ3) is 3.75. The first kappa shape index (κ1) is 14.8. The van der Waals surface area contributed by atoms with Crippen molar-refractivity contribution >= 4 is 31.7 Å². The largest absolute Gasteiger partial charge is 0.486 e. The van der Waals surface area contributed by atoms with Crippen LogP contribution in [0.1, 0.15) is 5.01 Å². The second-order valence-electron chi connectivity index (χ2n) is 4.62. The number of thiazole rings is 1. The molecular weight excluding hydrogens is 322 g/mol. The van der Waals surface area contributed by atoms with Crippen molar-refractivity contribution in [1.29, 1.82) is 0 Å². The van der Waals surface area contributed by atoms with Gasteiger partial charge in [-0.05, 0) is 36.4 Å². The van der Waals surface area contributed by atoms with Crippen LogP contribution < -0.4 is 8.92 Å². The number of hydrogen-bond acceptors (Lipinski definition) is 6. The van der Waals surface area contributed by atoms with Crippen molar-refractivity contribution in [2.75, 3.05) is 6.26 Å². The maximum Gasteiger partial charge on any atom is 0.306 e. The lowest BCUT2D eigenvalue weighted by atomic mass is 10.3. The van der Waals surface area contributed by atoms with E-state index in [1.807, 2.05) is 24.3 Å². The molecular formula is C15H13NO4S2. The lowest BCUT2D eigenvalue weighted by Crippen LogP contribution is -2.05. The van der Waals surface area contributed by atoms with E-state index in [1.54, 1.807) is 35.6 Å². The summed E-state index contributed by atoms with van der Waals surface area (Å²) >= 11 is 1.59.